The number of amides is 1. The van der Waals surface area contributed by atoms with Crippen LogP contribution in [0.4, 0.5) is 0 Å². The molecule has 0 aromatic carbocycles. The third-order valence-electron chi connectivity index (χ3n) is 2.81. The summed E-state index contributed by atoms with van der Waals surface area (Å²) in [5.41, 5.74) is 0. The largest absolute Gasteiger partial charge is 0.481 e. The van der Waals surface area contributed by atoms with Gasteiger partial charge in [0.25, 0.3) is 0 Å². The first kappa shape index (κ1) is 12.0. The molecule has 1 aromatic heterocycles. The molecule has 0 saturated heterocycles. The van der Waals surface area contributed by atoms with Gasteiger partial charge in [-0.25, -0.2) is 4.98 Å². The Morgan fingerprint density at radius 3 is 2.88 bits per heavy atom. The lowest BCUT2D eigenvalue weighted by Crippen LogP contribution is -2.25. The quantitative estimate of drug-likeness (QED) is 0.823. The van der Waals surface area contributed by atoms with Crippen LogP contribution >= 0.6 is 11.3 Å². The van der Waals surface area contributed by atoms with Gasteiger partial charge in [0.15, 0.2) is 0 Å². The number of carbonyl (C=O) groups is 2. The number of rotatable bonds is 5. The summed E-state index contributed by atoms with van der Waals surface area (Å²) in [6.07, 6.45) is 3.21. The zero-order valence-corrected chi connectivity index (χ0v) is 10.3. The Morgan fingerprint density at radius 1 is 1.59 bits per heavy atom. The van der Waals surface area contributed by atoms with Crippen molar-refractivity contribution in [2.45, 2.75) is 26.3 Å². The van der Waals surface area contributed by atoms with E-state index in [0.717, 1.165) is 11.4 Å². The number of carboxylic acid groups (broad SMARTS) is 1. The van der Waals surface area contributed by atoms with Crippen molar-refractivity contribution in [2.24, 2.45) is 11.8 Å². The summed E-state index contributed by atoms with van der Waals surface area (Å²) in [7, 11) is 0. The molecule has 2 rings (SSSR count). The summed E-state index contributed by atoms with van der Waals surface area (Å²) in [5.74, 6) is -1.89. The average Bonchev–Trinajstić information content (AvgIpc) is 2.99. The van der Waals surface area contributed by atoms with Crippen LogP contribution in [0.5, 0.6) is 0 Å². The highest BCUT2D eigenvalue weighted by Crippen LogP contribution is 2.38. The molecule has 1 aliphatic rings. The second kappa shape index (κ2) is 4.83. The zero-order valence-electron chi connectivity index (χ0n) is 9.47. The van der Waals surface area contributed by atoms with Crippen molar-refractivity contribution in [1.29, 1.82) is 0 Å². The first-order valence-electron chi connectivity index (χ1n) is 5.56. The molecule has 1 fully saturated rings. The summed E-state index contributed by atoms with van der Waals surface area (Å²) in [5, 5.41) is 12.3. The van der Waals surface area contributed by atoms with E-state index < -0.39 is 11.9 Å². The highest BCUT2D eigenvalue weighted by molar-refractivity contribution is 7.11. The molecule has 1 heterocycles. The smallest absolute Gasteiger partial charge is 0.307 e. The lowest BCUT2D eigenvalue weighted by atomic mass is 10.3. The van der Waals surface area contributed by atoms with Crippen LogP contribution in [0.1, 0.15) is 23.2 Å². The number of carboxylic acids is 1. The number of thiazole rings is 1. The molecule has 1 aliphatic carbocycles. The van der Waals surface area contributed by atoms with Crippen molar-refractivity contribution in [3.05, 3.63) is 16.1 Å². The van der Waals surface area contributed by atoms with Gasteiger partial charge in [-0.15, -0.1) is 11.3 Å². The van der Waals surface area contributed by atoms with Crippen LogP contribution < -0.4 is 5.32 Å². The number of nitrogens with zero attached hydrogens (tertiary/aromatic N) is 1. The fourth-order valence-electron chi connectivity index (χ4n) is 1.64. The lowest BCUT2D eigenvalue weighted by molar-refractivity contribution is -0.140. The second-order valence-electron chi connectivity index (χ2n) is 4.08. The van der Waals surface area contributed by atoms with E-state index in [9.17, 15) is 9.59 Å². The summed E-state index contributed by atoms with van der Waals surface area (Å²) in [6, 6.07) is 0. The molecule has 0 radical (unpaired) electrons. The Morgan fingerprint density at radius 2 is 2.35 bits per heavy atom. The fraction of sp³-hybridized carbons (Fsp3) is 0.545. The highest BCUT2D eigenvalue weighted by atomic mass is 32.1. The Kier molecular flexibility index (Phi) is 3.42. The van der Waals surface area contributed by atoms with Crippen LogP contribution in [-0.2, 0) is 22.6 Å². The van der Waals surface area contributed by atoms with E-state index in [1.54, 1.807) is 11.3 Å². The predicted molar refractivity (Wildman–Crippen MR) is 62.6 cm³/mol. The first-order valence-corrected chi connectivity index (χ1v) is 6.37. The van der Waals surface area contributed by atoms with Crippen LogP contribution in [0.15, 0.2) is 6.20 Å². The molecule has 0 bridgehead atoms. The average molecular weight is 254 g/mol. The van der Waals surface area contributed by atoms with Crippen molar-refractivity contribution in [1.82, 2.24) is 10.3 Å². The first-order chi connectivity index (χ1) is 8.11. The van der Waals surface area contributed by atoms with E-state index in [0.29, 0.717) is 13.0 Å². The van der Waals surface area contributed by atoms with Crippen molar-refractivity contribution in [3.8, 4) is 0 Å². The molecule has 2 atom stereocenters. The number of aromatic nitrogens is 1. The summed E-state index contributed by atoms with van der Waals surface area (Å²) >= 11 is 1.57. The van der Waals surface area contributed by atoms with Gasteiger partial charge in [-0.2, -0.15) is 0 Å². The summed E-state index contributed by atoms with van der Waals surface area (Å²) < 4.78 is 0. The Bertz CT molecular complexity index is 444. The van der Waals surface area contributed by atoms with Gasteiger partial charge in [0.1, 0.15) is 5.01 Å². The molecule has 1 aromatic rings. The minimum absolute atomic E-state index is 0.175. The molecular weight excluding hydrogens is 240 g/mol. The van der Waals surface area contributed by atoms with Gasteiger partial charge in [0.05, 0.1) is 18.4 Å². The van der Waals surface area contributed by atoms with Gasteiger partial charge in [-0.1, -0.05) is 6.92 Å². The van der Waals surface area contributed by atoms with E-state index in [1.165, 1.54) is 4.88 Å². The van der Waals surface area contributed by atoms with E-state index in [-0.39, 0.29) is 11.8 Å². The molecule has 6 heteroatoms. The van der Waals surface area contributed by atoms with E-state index >= 15 is 0 Å². The molecule has 0 aliphatic heterocycles. The van der Waals surface area contributed by atoms with E-state index in [2.05, 4.69) is 17.2 Å². The fourth-order valence-corrected chi connectivity index (χ4v) is 2.45. The number of hydrogen-bond acceptors (Lipinski definition) is 4. The normalized spacial score (nSPS) is 22.2. The van der Waals surface area contributed by atoms with Crippen LogP contribution in [0.3, 0.4) is 0 Å². The van der Waals surface area contributed by atoms with Gasteiger partial charge in [0, 0.05) is 11.1 Å². The molecule has 1 saturated carbocycles. The second-order valence-corrected chi connectivity index (χ2v) is 5.28. The molecule has 2 N–H and O–H groups in total. The van der Waals surface area contributed by atoms with Gasteiger partial charge >= 0.3 is 5.97 Å². The van der Waals surface area contributed by atoms with E-state index in [1.807, 2.05) is 6.20 Å². The van der Waals surface area contributed by atoms with Gasteiger partial charge in [0.2, 0.25) is 5.91 Å². The van der Waals surface area contributed by atoms with Gasteiger partial charge < -0.3 is 10.4 Å². The third-order valence-corrected chi connectivity index (χ3v) is 3.95. The Hall–Kier alpha value is -1.43. The van der Waals surface area contributed by atoms with Gasteiger partial charge in [-0.3, -0.25) is 9.59 Å². The Labute approximate surface area is 103 Å². The number of hydrogen-bond donors (Lipinski definition) is 2. The minimum atomic E-state index is -0.882. The molecule has 2 unspecified atom stereocenters. The summed E-state index contributed by atoms with van der Waals surface area (Å²) in [4.78, 5) is 27.5. The third kappa shape index (κ3) is 2.82. The monoisotopic (exact) mass is 254 g/mol. The zero-order chi connectivity index (χ0) is 12.4. The molecule has 17 heavy (non-hydrogen) atoms. The maximum absolute atomic E-state index is 11.6. The molecular formula is C11H14N2O3S. The van der Waals surface area contributed by atoms with Crippen molar-refractivity contribution >= 4 is 23.2 Å². The van der Waals surface area contributed by atoms with E-state index in [4.69, 9.17) is 5.11 Å². The topological polar surface area (TPSA) is 79.3 Å². The predicted octanol–water partition coefficient (Wildman–Crippen LogP) is 1.04. The van der Waals surface area contributed by atoms with Crippen LogP contribution in [0.2, 0.25) is 0 Å². The van der Waals surface area contributed by atoms with Crippen LogP contribution in [0.25, 0.3) is 0 Å². The van der Waals surface area contributed by atoms with Gasteiger partial charge in [-0.05, 0) is 12.8 Å². The maximum atomic E-state index is 11.6. The number of carbonyl (C=O) groups excluding carboxylic acids is 1. The molecule has 92 valence electrons. The number of nitrogens with one attached hydrogen (secondary N) is 1. The standard InChI is InChI=1S/C11H14N2O3S/c1-2-6-4-12-9(17-6)5-13-10(14)7-3-8(7)11(15)16/h4,7-8H,2-3,5H2,1H3,(H,13,14)(H,15,16). The SMILES string of the molecule is CCc1cnc(CNC(=O)C2CC2C(=O)O)s1. The number of aryl methyl sites for hydroxylation is 1. The summed E-state index contributed by atoms with van der Waals surface area (Å²) in [6.45, 7) is 2.45. The highest BCUT2D eigenvalue weighted by Gasteiger charge is 2.48. The molecule has 1 amide bonds. The maximum Gasteiger partial charge on any atom is 0.307 e. The number of aliphatic carboxylic acids is 1. The van der Waals surface area contributed by atoms with Crippen LogP contribution in [-0.4, -0.2) is 22.0 Å². The lowest BCUT2D eigenvalue weighted by Gasteiger charge is -2.00. The molecule has 0 spiro atoms. The van der Waals surface area contributed by atoms with Crippen molar-refractivity contribution in [3.63, 3.8) is 0 Å². The molecule has 5 nitrogen and oxygen atoms in total. The minimum Gasteiger partial charge on any atom is -0.481 e. The van der Waals surface area contributed by atoms with Crippen molar-refractivity contribution in [2.75, 3.05) is 0 Å². The Balaban J connectivity index is 1.79. The van der Waals surface area contributed by atoms with Crippen molar-refractivity contribution < 1.29 is 14.7 Å². The van der Waals surface area contributed by atoms with Crippen LogP contribution in [0, 0.1) is 11.8 Å².